The van der Waals surface area contributed by atoms with E-state index in [1.54, 1.807) is 0 Å². The minimum Gasteiger partial charge on any atom is -0.342 e. The molecule has 0 saturated carbocycles. The van der Waals surface area contributed by atoms with Crippen LogP contribution in [0.1, 0.15) is 40.0 Å². The molecule has 2 nitrogen and oxygen atoms in total. The summed E-state index contributed by atoms with van der Waals surface area (Å²) in [5.74, 6) is 1.31. The Morgan fingerprint density at radius 2 is 2.00 bits per heavy atom. The molecule has 0 spiro atoms. The fourth-order valence-corrected chi connectivity index (χ4v) is 2.12. The largest absolute Gasteiger partial charge is 0.342 e. The number of thiol groups is 1. The molecule has 0 N–H and O–H groups in total. The van der Waals surface area contributed by atoms with E-state index in [0.717, 1.165) is 31.8 Å². The van der Waals surface area contributed by atoms with E-state index >= 15 is 0 Å². The Morgan fingerprint density at radius 1 is 1.33 bits per heavy atom. The van der Waals surface area contributed by atoms with Crippen molar-refractivity contribution in [3.05, 3.63) is 0 Å². The van der Waals surface area contributed by atoms with Gasteiger partial charge in [0.1, 0.15) is 0 Å². The van der Waals surface area contributed by atoms with E-state index in [2.05, 4.69) is 33.4 Å². The molecule has 2 unspecified atom stereocenters. The Balaban J connectivity index is 2.52. The first-order chi connectivity index (χ1) is 7.02. The van der Waals surface area contributed by atoms with Crippen molar-refractivity contribution < 1.29 is 4.79 Å². The van der Waals surface area contributed by atoms with E-state index in [9.17, 15) is 4.79 Å². The summed E-state index contributed by atoms with van der Waals surface area (Å²) in [5.41, 5.74) is 0. The van der Waals surface area contributed by atoms with Crippen LogP contribution in [0.2, 0.25) is 0 Å². The highest BCUT2D eigenvalue weighted by Gasteiger charge is 2.25. The van der Waals surface area contributed by atoms with E-state index in [1.807, 2.05) is 4.90 Å². The maximum absolute atomic E-state index is 12.0. The van der Waals surface area contributed by atoms with Gasteiger partial charge in [0.25, 0.3) is 0 Å². The first-order valence-electron chi connectivity index (χ1n) is 5.99. The summed E-state index contributed by atoms with van der Waals surface area (Å²) < 4.78 is 0. The Morgan fingerprint density at radius 3 is 2.60 bits per heavy atom. The number of carbonyl (C=O) groups is 1. The lowest BCUT2D eigenvalue weighted by atomic mass is 10.0. The van der Waals surface area contributed by atoms with Crippen molar-refractivity contribution >= 4 is 18.5 Å². The van der Waals surface area contributed by atoms with Crippen LogP contribution in [0, 0.1) is 11.8 Å². The van der Waals surface area contributed by atoms with Crippen LogP contribution in [0.4, 0.5) is 0 Å². The molecule has 1 rings (SSSR count). The molecule has 0 aromatic carbocycles. The van der Waals surface area contributed by atoms with Crippen molar-refractivity contribution in [2.24, 2.45) is 11.8 Å². The molecule has 3 heteroatoms. The van der Waals surface area contributed by atoms with Gasteiger partial charge in [0, 0.05) is 13.1 Å². The van der Waals surface area contributed by atoms with Gasteiger partial charge < -0.3 is 4.90 Å². The van der Waals surface area contributed by atoms with Crippen molar-refractivity contribution in [1.82, 2.24) is 4.90 Å². The maximum atomic E-state index is 12.0. The molecule has 2 atom stereocenters. The summed E-state index contributed by atoms with van der Waals surface area (Å²) in [6.45, 7) is 8.22. The number of amides is 1. The number of hydrogen-bond acceptors (Lipinski definition) is 2. The van der Waals surface area contributed by atoms with Crippen LogP contribution in [0.5, 0.6) is 0 Å². The summed E-state index contributed by atoms with van der Waals surface area (Å²) in [6, 6.07) is 0. The van der Waals surface area contributed by atoms with Crippen molar-refractivity contribution in [1.29, 1.82) is 0 Å². The zero-order valence-corrected chi connectivity index (χ0v) is 11.0. The predicted octanol–water partition coefficient (Wildman–Crippen LogP) is 2.59. The van der Waals surface area contributed by atoms with Gasteiger partial charge in [-0.1, -0.05) is 20.8 Å². The maximum Gasteiger partial charge on any atom is 0.235 e. The molecule has 0 aromatic heterocycles. The minimum atomic E-state index is -0.126. The molecule has 1 fully saturated rings. The molecule has 0 aliphatic carbocycles. The minimum absolute atomic E-state index is 0.126. The van der Waals surface area contributed by atoms with Gasteiger partial charge in [-0.3, -0.25) is 4.79 Å². The van der Waals surface area contributed by atoms with Crippen LogP contribution >= 0.6 is 12.6 Å². The third kappa shape index (κ3) is 3.71. The van der Waals surface area contributed by atoms with E-state index < -0.39 is 0 Å². The fraction of sp³-hybridized carbons (Fsp3) is 0.917. The molecule has 1 heterocycles. The molecule has 1 aliphatic heterocycles. The average molecular weight is 229 g/mol. The molecule has 88 valence electrons. The van der Waals surface area contributed by atoms with Crippen LogP contribution in [0.25, 0.3) is 0 Å². The summed E-state index contributed by atoms with van der Waals surface area (Å²) >= 11 is 4.40. The van der Waals surface area contributed by atoms with Gasteiger partial charge in [-0.05, 0) is 31.1 Å². The van der Waals surface area contributed by atoms with Crippen molar-refractivity contribution in [3.63, 3.8) is 0 Å². The number of nitrogens with zero attached hydrogens (tertiary/aromatic N) is 1. The summed E-state index contributed by atoms with van der Waals surface area (Å²) in [7, 11) is 0. The second-order valence-corrected chi connectivity index (χ2v) is 5.61. The standard InChI is InChI=1S/C12H23NOS/c1-9(2)11(15)12(14)13-7-4-5-10(3)6-8-13/h9-11,15H,4-8H2,1-3H3. The van der Waals surface area contributed by atoms with E-state index in [1.165, 1.54) is 6.42 Å². The van der Waals surface area contributed by atoms with E-state index in [-0.39, 0.29) is 11.2 Å². The molecule has 15 heavy (non-hydrogen) atoms. The lowest BCUT2D eigenvalue weighted by Crippen LogP contribution is -2.39. The molecular formula is C12H23NOS. The number of rotatable bonds is 2. The van der Waals surface area contributed by atoms with Gasteiger partial charge in [-0.2, -0.15) is 12.6 Å². The lowest BCUT2D eigenvalue weighted by Gasteiger charge is -2.25. The predicted molar refractivity (Wildman–Crippen MR) is 67.2 cm³/mol. The molecule has 0 radical (unpaired) electrons. The molecule has 0 bridgehead atoms. The van der Waals surface area contributed by atoms with E-state index in [4.69, 9.17) is 0 Å². The van der Waals surface area contributed by atoms with Crippen LogP contribution in [-0.4, -0.2) is 29.1 Å². The Labute approximate surface area is 98.8 Å². The highest BCUT2D eigenvalue weighted by atomic mass is 32.1. The van der Waals surface area contributed by atoms with Gasteiger partial charge >= 0.3 is 0 Å². The lowest BCUT2D eigenvalue weighted by molar-refractivity contribution is -0.131. The first-order valence-corrected chi connectivity index (χ1v) is 6.51. The third-order valence-electron chi connectivity index (χ3n) is 3.21. The second-order valence-electron chi connectivity index (χ2n) is 5.05. The Kier molecular flexibility index (Phi) is 4.97. The molecule has 0 aromatic rings. The Bertz CT molecular complexity index is 218. The van der Waals surface area contributed by atoms with Gasteiger partial charge in [0.2, 0.25) is 5.91 Å². The van der Waals surface area contributed by atoms with Crippen LogP contribution < -0.4 is 0 Å². The van der Waals surface area contributed by atoms with Gasteiger partial charge in [-0.15, -0.1) is 0 Å². The summed E-state index contributed by atoms with van der Waals surface area (Å²) in [4.78, 5) is 14.0. The smallest absolute Gasteiger partial charge is 0.235 e. The number of hydrogen-bond donors (Lipinski definition) is 1. The summed E-state index contributed by atoms with van der Waals surface area (Å²) in [6.07, 6.45) is 3.54. The Hall–Kier alpha value is -0.180. The summed E-state index contributed by atoms with van der Waals surface area (Å²) in [5, 5.41) is -0.126. The average Bonchev–Trinajstić information content (AvgIpc) is 2.40. The molecule has 1 aliphatic rings. The quantitative estimate of drug-likeness (QED) is 0.722. The van der Waals surface area contributed by atoms with Crippen LogP contribution in [0.15, 0.2) is 0 Å². The number of carbonyl (C=O) groups excluding carboxylic acids is 1. The highest BCUT2D eigenvalue weighted by Crippen LogP contribution is 2.19. The first kappa shape index (κ1) is 12.9. The van der Waals surface area contributed by atoms with Crippen molar-refractivity contribution in [3.8, 4) is 0 Å². The third-order valence-corrected chi connectivity index (χ3v) is 4.03. The fourth-order valence-electron chi connectivity index (χ4n) is 1.96. The zero-order valence-electron chi connectivity index (χ0n) is 10.1. The zero-order chi connectivity index (χ0) is 11.4. The number of likely N-dealkylation sites (tertiary alicyclic amines) is 1. The van der Waals surface area contributed by atoms with Crippen molar-refractivity contribution in [2.75, 3.05) is 13.1 Å². The van der Waals surface area contributed by atoms with E-state index in [0.29, 0.717) is 5.92 Å². The SMILES string of the molecule is CC1CCCN(C(=O)C(S)C(C)C)CC1. The van der Waals surface area contributed by atoms with Crippen LogP contribution in [-0.2, 0) is 4.79 Å². The van der Waals surface area contributed by atoms with Gasteiger partial charge in [0.15, 0.2) is 0 Å². The normalized spacial score (nSPS) is 25.1. The van der Waals surface area contributed by atoms with Crippen molar-refractivity contribution in [2.45, 2.75) is 45.3 Å². The molecule has 1 saturated heterocycles. The molecular weight excluding hydrogens is 206 g/mol. The topological polar surface area (TPSA) is 20.3 Å². The monoisotopic (exact) mass is 229 g/mol. The molecule has 1 amide bonds. The van der Waals surface area contributed by atoms with Gasteiger partial charge in [0.05, 0.1) is 5.25 Å². The highest BCUT2D eigenvalue weighted by molar-refractivity contribution is 7.81. The second kappa shape index (κ2) is 5.78. The van der Waals surface area contributed by atoms with Crippen LogP contribution in [0.3, 0.4) is 0 Å². The van der Waals surface area contributed by atoms with Gasteiger partial charge in [-0.25, -0.2) is 0 Å².